The zero-order chi connectivity index (χ0) is 36.0. The predicted molar refractivity (Wildman–Crippen MR) is 222 cm³/mol. The molecule has 6 heteroatoms. The van der Waals surface area contributed by atoms with Crippen LogP contribution in [0.25, 0.3) is 45.0 Å². The van der Waals surface area contributed by atoms with E-state index in [0.717, 1.165) is 39.8 Å². The largest absolute Gasteiger partial charge is 0.318 e. The van der Waals surface area contributed by atoms with Crippen molar-refractivity contribution >= 4 is 26.5 Å². The number of hydrogen-bond acceptors (Lipinski definition) is 3. The monoisotopic (exact) mass is 894 g/mol. The molecule has 0 N–H and O–H groups in total. The maximum Gasteiger partial charge on any atom is 0.0803 e. The van der Waals surface area contributed by atoms with E-state index in [9.17, 15) is 0 Å². The molecule has 0 aliphatic heterocycles. The Morgan fingerprint density at radius 3 is 1.83 bits per heavy atom. The summed E-state index contributed by atoms with van der Waals surface area (Å²) < 4.78 is 0. The third-order valence-corrected chi connectivity index (χ3v) is 14.2. The van der Waals surface area contributed by atoms with Gasteiger partial charge in [-0.1, -0.05) is 137 Å². The molecule has 1 aliphatic rings. The van der Waals surface area contributed by atoms with Crippen molar-refractivity contribution in [3.8, 4) is 45.0 Å². The molecule has 3 heterocycles. The summed E-state index contributed by atoms with van der Waals surface area (Å²) in [5.41, 5.74) is 9.89. The minimum absolute atomic E-state index is 0. The first-order chi connectivity index (χ1) is 24.5. The molecular weight excluding hydrogens is 843 g/mol. The van der Waals surface area contributed by atoms with Gasteiger partial charge in [-0.15, -0.1) is 42.0 Å². The fraction of sp³-hybridized carbons (Fsp3) is 0.283. The molecule has 0 saturated heterocycles. The Labute approximate surface area is 327 Å². The van der Waals surface area contributed by atoms with E-state index < -0.39 is 16.1 Å². The molecule has 3 aromatic carbocycles. The van der Waals surface area contributed by atoms with Gasteiger partial charge in [-0.05, 0) is 68.8 Å². The van der Waals surface area contributed by atoms with Crippen LogP contribution in [0.5, 0.6) is 0 Å². The van der Waals surface area contributed by atoms with Crippen LogP contribution in [-0.2, 0) is 20.1 Å². The van der Waals surface area contributed by atoms with Gasteiger partial charge in [0, 0.05) is 38.2 Å². The summed E-state index contributed by atoms with van der Waals surface area (Å²) in [7, 11) is -2.93. The molecule has 0 bridgehead atoms. The Balaban J connectivity index is 0.000000201. The maximum atomic E-state index is 4.83. The van der Waals surface area contributed by atoms with E-state index >= 15 is 0 Å². The van der Waals surface area contributed by atoms with E-state index in [0.29, 0.717) is 5.92 Å². The molecule has 1 fully saturated rings. The molecule has 3 aromatic heterocycles. The van der Waals surface area contributed by atoms with Gasteiger partial charge in [0.25, 0.3) is 0 Å². The number of benzene rings is 3. The van der Waals surface area contributed by atoms with Crippen LogP contribution in [-0.4, -0.2) is 31.1 Å². The SMILES string of the molecule is CC(c1cc(-c2[c-]cccc2)ncc1[Si](C)(C)C)C1CCCC1.C[Si](C)(C)c1cnc(-c2[c-]ccc(-c3ccccc3)n2)cc1-c1ccccc1.[Ir]. The summed E-state index contributed by atoms with van der Waals surface area (Å²) in [4.78, 5) is 14.4. The maximum absolute atomic E-state index is 4.83. The summed E-state index contributed by atoms with van der Waals surface area (Å²) >= 11 is 0. The van der Waals surface area contributed by atoms with Crippen molar-refractivity contribution in [2.75, 3.05) is 0 Å². The van der Waals surface area contributed by atoms with Crippen molar-refractivity contribution < 1.29 is 20.1 Å². The van der Waals surface area contributed by atoms with Gasteiger partial charge in [-0.3, -0.25) is 4.98 Å². The normalized spacial score (nSPS) is 13.8. The van der Waals surface area contributed by atoms with Crippen LogP contribution in [0.15, 0.2) is 122 Å². The molecule has 52 heavy (non-hydrogen) atoms. The average Bonchev–Trinajstić information content (AvgIpc) is 3.70. The number of nitrogens with zero attached hydrogens (tertiary/aromatic N) is 3. The van der Waals surface area contributed by atoms with Crippen LogP contribution in [0.2, 0.25) is 39.3 Å². The smallest absolute Gasteiger partial charge is 0.0803 e. The molecule has 269 valence electrons. The third-order valence-electron chi connectivity index (χ3n) is 10.1. The van der Waals surface area contributed by atoms with Gasteiger partial charge in [0.15, 0.2) is 0 Å². The standard InChI is InChI=1S/C25H23N2Si.C21H28NSi.Ir/c1-28(2,3)25-18-26-24(17-21(25)19-11-6-4-7-12-19)23-16-10-15-22(27-23)20-13-8-5-9-14-20;1-16(17-10-8-9-11-17)19-14-20(18-12-6-5-7-13-18)22-15-21(19)23(2,3)4;/h4-15,17-18H,1-3H3;5-7,12,14-17H,8-11H2,1-4H3;/q2*-1;. The minimum atomic E-state index is -1.54. The molecule has 1 saturated carbocycles. The molecule has 1 aliphatic carbocycles. The van der Waals surface area contributed by atoms with Gasteiger partial charge in [-0.2, -0.15) is 12.1 Å². The molecular formula is C46H51IrN3Si2-2. The Kier molecular flexibility index (Phi) is 13.1. The van der Waals surface area contributed by atoms with Gasteiger partial charge in [0.05, 0.1) is 16.1 Å². The molecule has 0 amide bonds. The quantitative estimate of drug-likeness (QED) is 0.113. The molecule has 0 spiro atoms. The molecule has 6 aromatic rings. The summed E-state index contributed by atoms with van der Waals surface area (Å²) in [6.07, 6.45) is 9.81. The second-order valence-electron chi connectivity index (χ2n) is 15.9. The van der Waals surface area contributed by atoms with Crippen LogP contribution in [0, 0.1) is 18.1 Å². The Hall–Kier alpha value is -3.81. The summed E-state index contributed by atoms with van der Waals surface area (Å²) in [6, 6.07) is 44.0. The first-order valence-electron chi connectivity index (χ1n) is 18.5. The van der Waals surface area contributed by atoms with Gasteiger partial charge in [0.2, 0.25) is 0 Å². The van der Waals surface area contributed by atoms with E-state index in [1.807, 2.05) is 42.5 Å². The van der Waals surface area contributed by atoms with Crippen LogP contribution in [0.4, 0.5) is 0 Å². The number of pyridine rings is 3. The molecule has 3 nitrogen and oxygen atoms in total. The summed E-state index contributed by atoms with van der Waals surface area (Å²) in [5, 5.41) is 2.90. The summed E-state index contributed by atoms with van der Waals surface area (Å²) in [5.74, 6) is 1.49. The topological polar surface area (TPSA) is 38.7 Å². The fourth-order valence-corrected chi connectivity index (χ4v) is 10.3. The van der Waals surface area contributed by atoms with Crippen LogP contribution in [0.1, 0.15) is 44.1 Å². The Morgan fingerprint density at radius 2 is 1.21 bits per heavy atom. The fourth-order valence-electron chi connectivity index (χ4n) is 7.22. The Morgan fingerprint density at radius 1 is 0.615 bits per heavy atom. The predicted octanol–water partition coefficient (Wildman–Crippen LogP) is 11.2. The van der Waals surface area contributed by atoms with E-state index in [4.69, 9.17) is 15.0 Å². The van der Waals surface area contributed by atoms with Crippen molar-refractivity contribution in [1.82, 2.24) is 15.0 Å². The van der Waals surface area contributed by atoms with Crippen molar-refractivity contribution in [2.45, 2.75) is 77.8 Å². The third kappa shape index (κ3) is 9.59. The van der Waals surface area contributed by atoms with E-state index in [-0.39, 0.29) is 20.1 Å². The zero-order valence-electron chi connectivity index (χ0n) is 31.7. The van der Waals surface area contributed by atoms with Crippen molar-refractivity contribution in [3.63, 3.8) is 0 Å². The molecule has 7 rings (SSSR count). The number of hydrogen-bond donors (Lipinski definition) is 0. The average molecular weight is 894 g/mol. The van der Waals surface area contributed by atoms with Gasteiger partial charge < -0.3 is 9.97 Å². The first-order valence-corrected chi connectivity index (χ1v) is 25.5. The number of aromatic nitrogens is 3. The molecule has 1 radical (unpaired) electrons. The van der Waals surface area contributed by atoms with E-state index in [1.54, 1.807) is 5.56 Å². The van der Waals surface area contributed by atoms with E-state index in [1.165, 1.54) is 47.2 Å². The van der Waals surface area contributed by atoms with Crippen molar-refractivity contribution in [2.24, 2.45) is 5.92 Å². The summed E-state index contributed by atoms with van der Waals surface area (Å²) in [6.45, 7) is 16.8. The van der Waals surface area contributed by atoms with Gasteiger partial charge in [-0.25, -0.2) is 0 Å². The van der Waals surface area contributed by atoms with Crippen molar-refractivity contribution in [1.29, 1.82) is 0 Å². The molecule has 1 unspecified atom stereocenters. The van der Waals surface area contributed by atoms with Crippen LogP contribution < -0.4 is 10.4 Å². The zero-order valence-corrected chi connectivity index (χ0v) is 36.1. The Bertz CT molecular complexity index is 2030. The van der Waals surface area contributed by atoms with Crippen LogP contribution in [0.3, 0.4) is 0 Å². The molecule has 1 atom stereocenters. The second kappa shape index (κ2) is 17.3. The van der Waals surface area contributed by atoms with Gasteiger partial charge >= 0.3 is 0 Å². The number of rotatable bonds is 8. The van der Waals surface area contributed by atoms with E-state index in [2.05, 4.69) is 137 Å². The van der Waals surface area contributed by atoms with Crippen molar-refractivity contribution in [3.05, 3.63) is 139 Å². The van der Waals surface area contributed by atoms with Gasteiger partial charge in [0.1, 0.15) is 0 Å². The van der Waals surface area contributed by atoms with Crippen LogP contribution >= 0.6 is 0 Å². The first kappa shape index (κ1) is 39.4. The second-order valence-corrected chi connectivity index (χ2v) is 26.0. The minimum Gasteiger partial charge on any atom is -0.318 e.